The van der Waals surface area contributed by atoms with Crippen molar-refractivity contribution >= 4 is 35.0 Å². The number of carbonyl (C=O) groups excluding carboxylic acids is 2. The zero-order valence-electron chi connectivity index (χ0n) is 20.0. The first-order valence-corrected chi connectivity index (χ1v) is 12.5. The van der Waals surface area contributed by atoms with Gasteiger partial charge >= 0.3 is 0 Å². The normalized spacial score (nSPS) is 15.1. The van der Waals surface area contributed by atoms with E-state index < -0.39 is 5.92 Å². The molecule has 1 aliphatic heterocycles. The van der Waals surface area contributed by atoms with Gasteiger partial charge in [0, 0.05) is 22.6 Å². The van der Waals surface area contributed by atoms with E-state index in [4.69, 9.17) is 0 Å². The highest BCUT2D eigenvalue weighted by Gasteiger charge is 2.34. The topological polar surface area (TPSA) is 94.0 Å². The summed E-state index contributed by atoms with van der Waals surface area (Å²) in [6.45, 7) is 3.78. The van der Waals surface area contributed by atoms with Crippen LogP contribution in [0.5, 0.6) is 0 Å². The lowest BCUT2D eigenvalue weighted by atomic mass is 9.82. The molecule has 2 amide bonds. The van der Waals surface area contributed by atoms with Crippen molar-refractivity contribution in [2.75, 3.05) is 16.4 Å². The zero-order chi connectivity index (χ0) is 25.5. The van der Waals surface area contributed by atoms with Crippen molar-refractivity contribution in [1.29, 1.82) is 5.26 Å². The van der Waals surface area contributed by atoms with E-state index in [0.29, 0.717) is 27.6 Å². The summed E-state index contributed by atoms with van der Waals surface area (Å²) in [5.74, 6) is -0.915. The second-order valence-electron chi connectivity index (χ2n) is 8.39. The predicted molar refractivity (Wildman–Crippen MR) is 145 cm³/mol. The van der Waals surface area contributed by atoms with E-state index in [1.165, 1.54) is 11.8 Å². The van der Waals surface area contributed by atoms with Gasteiger partial charge in [0.2, 0.25) is 5.91 Å². The van der Waals surface area contributed by atoms with Crippen LogP contribution in [0.2, 0.25) is 0 Å². The highest BCUT2D eigenvalue weighted by molar-refractivity contribution is 8.03. The lowest BCUT2D eigenvalue weighted by molar-refractivity contribution is -0.114. The summed E-state index contributed by atoms with van der Waals surface area (Å²) in [6.07, 6.45) is 0. The molecule has 0 spiro atoms. The maximum Gasteiger partial charge on any atom is 0.254 e. The third-order valence-corrected chi connectivity index (χ3v) is 6.72. The third kappa shape index (κ3) is 5.85. The van der Waals surface area contributed by atoms with E-state index in [9.17, 15) is 14.9 Å². The molecule has 36 heavy (non-hydrogen) atoms. The molecule has 0 radical (unpaired) electrons. The molecule has 0 aromatic heterocycles. The van der Waals surface area contributed by atoms with Crippen LogP contribution in [-0.2, 0) is 9.59 Å². The second-order valence-corrected chi connectivity index (χ2v) is 9.37. The fourth-order valence-electron chi connectivity index (χ4n) is 4.08. The van der Waals surface area contributed by atoms with E-state index in [1.807, 2.05) is 98.8 Å². The van der Waals surface area contributed by atoms with Crippen molar-refractivity contribution < 1.29 is 9.59 Å². The molecule has 1 heterocycles. The molecule has 4 rings (SSSR count). The third-order valence-electron chi connectivity index (χ3n) is 5.71. The Kier molecular flexibility index (Phi) is 7.89. The number of para-hydroxylation sites is 1. The number of dihydropyridines is 1. The first kappa shape index (κ1) is 24.8. The predicted octanol–water partition coefficient (Wildman–Crippen LogP) is 5.70. The summed E-state index contributed by atoms with van der Waals surface area (Å²) in [5.41, 5.74) is 4.79. The van der Waals surface area contributed by atoms with Crippen molar-refractivity contribution in [2.24, 2.45) is 0 Å². The lowest BCUT2D eigenvalue weighted by Crippen LogP contribution is -2.31. The minimum absolute atomic E-state index is 0.113. The highest BCUT2D eigenvalue weighted by atomic mass is 32.2. The molecule has 6 nitrogen and oxygen atoms in total. The molecular weight excluding hydrogens is 468 g/mol. The number of nitriles is 1. The van der Waals surface area contributed by atoms with Gasteiger partial charge in [-0.25, -0.2) is 0 Å². The van der Waals surface area contributed by atoms with E-state index >= 15 is 0 Å². The standard InChI is InChI=1S/C29H26N4O2S/c1-19-10-9-15-23(16-19)32-25(34)18-36-29-24(17-30)27(21-11-5-3-6-12-21)26(20(2)31-29)28(35)33-22-13-7-4-8-14-22/h3-16,27,31H,18H2,1-2H3,(H,32,34)(H,33,35). The number of amides is 2. The van der Waals surface area contributed by atoms with Crippen LogP contribution in [0.25, 0.3) is 0 Å². The van der Waals surface area contributed by atoms with Gasteiger partial charge < -0.3 is 16.0 Å². The van der Waals surface area contributed by atoms with Crippen molar-refractivity contribution in [3.05, 3.63) is 118 Å². The Bertz CT molecular complexity index is 1380. The Labute approximate surface area is 215 Å². The van der Waals surface area contributed by atoms with Crippen molar-refractivity contribution in [3.63, 3.8) is 0 Å². The van der Waals surface area contributed by atoms with Gasteiger partial charge in [0.15, 0.2) is 0 Å². The molecule has 0 saturated carbocycles. The number of rotatable bonds is 7. The Balaban J connectivity index is 1.60. The highest BCUT2D eigenvalue weighted by Crippen LogP contribution is 2.40. The fraction of sp³-hybridized carbons (Fsp3) is 0.138. The number of hydrogen-bond acceptors (Lipinski definition) is 5. The summed E-state index contributed by atoms with van der Waals surface area (Å²) in [4.78, 5) is 26.0. The van der Waals surface area contributed by atoms with Gasteiger partial charge in [0.25, 0.3) is 5.91 Å². The zero-order valence-corrected chi connectivity index (χ0v) is 20.9. The first-order valence-electron chi connectivity index (χ1n) is 11.5. The molecule has 0 fully saturated rings. The van der Waals surface area contributed by atoms with Crippen LogP contribution in [0, 0.1) is 18.3 Å². The maximum atomic E-state index is 13.4. The monoisotopic (exact) mass is 494 g/mol. The SMILES string of the molecule is CC1=C(C(=O)Nc2ccccc2)C(c2ccccc2)C(C#N)=C(SCC(=O)Nc2cccc(C)c2)N1. The Morgan fingerprint density at radius 1 is 0.917 bits per heavy atom. The van der Waals surface area contributed by atoms with E-state index in [0.717, 1.165) is 16.8 Å². The number of hydrogen-bond donors (Lipinski definition) is 3. The van der Waals surface area contributed by atoms with E-state index in [-0.39, 0.29) is 17.6 Å². The quantitative estimate of drug-likeness (QED) is 0.392. The number of nitrogens with one attached hydrogen (secondary N) is 3. The molecule has 0 saturated heterocycles. The number of allylic oxidation sites excluding steroid dienone is 2. The lowest BCUT2D eigenvalue weighted by Gasteiger charge is -2.29. The number of benzene rings is 3. The van der Waals surface area contributed by atoms with Gasteiger partial charge in [-0.1, -0.05) is 72.4 Å². The first-order chi connectivity index (χ1) is 17.5. The fourth-order valence-corrected chi connectivity index (χ4v) is 4.98. The molecule has 3 aromatic rings. The van der Waals surface area contributed by atoms with Crippen LogP contribution in [0.15, 0.2) is 107 Å². The van der Waals surface area contributed by atoms with Gasteiger partial charge in [0.05, 0.1) is 28.3 Å². The Morgan fingerprint density at radius 2 is 1.58 bits per heavy atom. The minimum Gasteiger partial charge on any atom is -0.353 e. The summed E-state index contributed by atoms with van der Waals surface area (Å²) in [6, 6.07) is 28.6. The molecule has 180 valence electrons. The van der Waals surface area contributed by atoms with Crippen LogP contribution >= 0.6 is 11.8 Å². The van der Waals surface area contributed by atoms with Gasteiger partial charge in [-0.05, 0) is 49.2 Å². The van der Waals surface area contributed by atoms with Gasteiger partial charge in [-0.3, -0.25) is 9.59 Å². The molecule has 1 unspecified atom stereocenters. The average Bonchev–Trinajstić information content (AvgIpc) is 2.88. The van der Waals surface area contributed by atoms with Crippen LogP contribution in [-0.4, -0.2) is 17.6 Å². The van der Waals surface area contributed by atoms with E-state index in [2.05, 4.69) is 22.0 Å². The second kappa shape index (κ2) is 11.4. The molecule has 1 atom stereocenters. The van der Waals surface area contributed by atoms with Gasteiger partial charge in [-0.15, -0.1) is 0 Å². The molecule has 0 bridgehead atoms. The Morgan fingerprint density at radius 3 is 2.25 bits per heavy atom. The molecule has 0 aliphatic carbocycles. The van der Waals surface area contributed by atoms with Gasteiger partial charge in [0.1, 0.15) is 0 Å². The van der Waals surface area contributed by atoms with Crippen molar-refractivity contribution in [1.82, 2.24) is 5.32 Å². The minimum atomic E-state index is -0.566. The molecule has 3 N–H and O–H groups in total. The Hall–Kier alpha value is -4.28. The summed E-state index contributed by atoms with van der Waals surface area (Å²) < 4.78 is 0. The molecule has 1 aliphatic rings. The summed E-state index contributed by atoms with van der Waals surface area (Å²) in [5, 5.41) is 19.8. The number of anilines is 2. The number of carbonyl (C=O) groups is 2. The van der Waals surface area contributed by atoms with Crippen LogP contribution in [0.3, 0.4) is 0 Å². The maximum absolute atomic E-state index is 13.4. The summed E-state index contributed by atoms with van der Waals surface area (Å²) in [7, 11) is 0. The number of nitrogens with zero attached hydrogens (tertiary/aromatic N) is 1. The average molecular weight is 495 g/mol. The van der Waals surface area contributed by atoms with Crippen LogP contribution in [0.1, 0.15) is 24.0 Å². The number of thioether (sulfide) groups is 1. The molecule has 3 aromatic carbocycles. The van der Waals surface area contributed by atoms with E-state index in [1.54, 1.807) is 0 Å². The molecule has 7 heteroatoms. The molecular formula is C29H26N4O2S. The van der Waals surface area contributed by atoms with Crippen LogP contribution < -0.4 is 16.0 Å². The summed E-state index contributed by atoms with van der Waals surface area (Å²) >= 11 is 1.25. The van der Waals surface area contributed by atoms with Crippen LogP contribution in [0.4, 0.5) is 11.4 Å². The van der Waals surface area contributed by atoms with Crippen molar-refractivity contribution in [2.45, 2.75) is 19.8 Å². The number of aryl methyl sites for hydroxylation is 1. The smallest absolute Gasteiger partial charge is 0.254 e. The van der Waals surface area contributed by atoms with Gasteiger partial charge in [-0.2, -0.15) is 5.26 Å². The largest absolute Gasteiger partial charge is 0.353 e. The van der Waals surface area contributed by atoms with Crippen molar-refractivity contribution in [3.8, 4) is 6.07 Å².